The Morgan fingerprint density at radius 3 is 2.84 bits per heavy atom. The predicted octanol–water partition coefficient (Wildman–Crippen LogP) is 2.82. The number of nitrogens with zero attached hydrogens (tertiary/aromatic N) is 1. The molecule has 0 radical (unpaired) electrons. The van der Waals surface area contributed by atoms with Crippen LogP contribution in [0, 0.1) is 0 Å². The van der Waals surface area contributed by atoms with E-state index in [1.165, 1.54) is 12.0 Å². The van der Waals surface area contributed by atoms with Crippen LogP contribution in [0.1, 0.15) is 23.8 Å². The molecule has 0 aliphatic carbocycles. The molecule has 0 bridgehead atoms. The Labute approximate surface area is 114 Å². The van der Waals surface area contributed by atoms with Gasteiger partial charge in [0, 0.05) is 19.1 Å². The molecule has 3 rings (SSSR count). The quantitative estimate of drug-likeness (QED) is 0.915. The number of furan rings is 1. The van der Waals surface area contributed by atoms with E-state index in [4.69, 9.17) is 4.42 Å². The minimum Gasteiger partial charge on any atom is -0.468 e. The van der Waals surface area contributed by atoms with E-state index >= 15 is 0 Å². The summed E-state index contributed by atoms with van der Waals surface area (Å²) < 4.78 is 5.50. The van der Waals surface area contributed by atoms with Crippen molar-refractivity contribution in [3.05, 3.63) is 60.1 Å². The zero-order valence-electron chi connectivity index (χ0n) is 11.1. The van der Waals surface area contributed by atoms with Crippen LogP contribution in [0.3, 0.4) is 0 Å². The molecule has 1 aliphatic heterocycles. The van der Waals surface area contributed by atoms with Crippen LogP contribution < -0.4 is 5.32 Å². The van der Waals surface area contributed by atoms with E-state index in [0.29, 0.717) is 6.04 Å². The van der Waals surface area contributed by atoms with Gasteiger partial charge in [0.15, 0.2) is 0 Å². The zero-order chi connectivity index (χ0) is 12.9. The summed E-state index contributed by atoms with van der Waals surface area (Å²) in [5.74, 6) is 1.04. The van der Waals surface area contributed by atoms with Crippen LogP contribution >= 0.6 is 0 Å². The third kappa shape index (κ3) is 3.06. The Bertz CT molecular complexity index is 481. The van der Waals surface area contributed by atoms with Crippen molar-refractivity contribution in [3.8, 4) is 0 Å². The summed E-state index contributed by atoms with van der Waals surface area (Å²) in [7, 11) is 0. The van der Waals surface area contributed by atoms with Crippen molar-refractivity contribution in [2.45, 2.75) is 19.0 Å². The first kappa shape index (κ1) is 12.5. The van der Waals surface area contributed by atoms with Crippen LogP contribution in [-0.4, -0.2) is 24.5 Å². The molecule has 3 heteroatoms. The van der Waals surface area contributed by atoms with E-state index in [0.717, 1.165) is 31.9 Å². The van der Waals surface area contributed by atoms with Gasteiger partial charge in [-0.15, -0.1) is 0 Å². The first-order valence-corrected chi connectivity index (χ1v) is 6.95. The van der Waals surface area contributed by atoms with Crippen LogP contribution in [0.5, 0.6) is 0 Å². The molecule has 0 amide bonds. The average molecular weight is 256 g/mol. The van der Waals surface area contributed by atoms with Crippen LogP contribution in [0.2, 0.25) is 0 Å². The van der Waals surface area contributed by atoms with Gasteiger partial charge in [-0.1, -0.05) is 30.3 Å². The van der Waals surface area contributed by atoms with Gasteiger partial charge in [0.2, 0.25) is 0 Å². The summed E-state index contributed by atoms with van der Waals surface area (Å²) in [5, 5.41) is 3.53. The predicted molar refractivity (Wildman–Crippen MR) is 75.8 cm³/mol. The Morgan fingerprint density at radius 1 is 1.16 bits per heavy atom. The maximum absolute atomic E-state index is 5.50. The summed E-state index contributed by atoms with van der Waals surface area (Å²) >= 11 is 0. The van der Waals surface area contributed by atoms with E-state index < -0.39 is 0 Å². The fourth-order valence-electron chi connectivity index (χ4n) is 2.73. The first-order valence-electron chi connectivity index (χ1n) is 6.95. The molecule has 0 spiro atoms. The SMILES string of the molecule is c1ccc(C2CNCCCN2Cc2ccco2)cc1. The van der Waals surface area contributed by atoms with E-state index in [1.54, 1.807) is 6.26 Å². The topological polar surface area (TPSA) is 28.4 Å². The Hall–Kier alpha value is -1.58. The van der Waals surface area contributed by atoms with Crippen molar-refractivity contribution in [3.63, 3.8) is 0 Å². The summed E-state index contributed by atoms with van der Waals surface area (Å²) in [4.78, 5) is 2.51. The van der Waals surface area contributed by atoms with E-state index in [-0.39, 0.29) is 0 Å². The lowest BCUT2D eigenvalue weighted by atomic mass is 10.1. The van der Waals surface area contributed by atoms with E-state index in [1.807, 2.05) is 6.07 Å². The van der Waals surface area contributed by atoms with Gasteiger partial charge in [-0.25, -0.2) is 0 Å². The number of benzene rings is 1. The summed E-state index contributed by atoms with van der Waals surface area (Å²) in [6.45, 7) is 4.09. The molecule has 1 aromatic heterocycles. The lowest BCUT2D eigenvalue weighted by Gasteiger charge is -2.29. The molecule has 0 saturated carbocycles. The van der Waals surface area contributed by atoms with Crippen molar-refractivity contribution in [2.75, 3.05) is 19.6 Å². The molecule has 1 fully saturated rings. The lowest BCUT2D eigenvalue weighted by molar-refractivity contribution is 0.186. The van der Waals surface area contributed by atoms with E-state index in [2.05, 4.69) is 46.6 Å². The van der Waals surface area contributed by atoms with Gasteiger partial charge in [-0.2, -0.15) is 0 Å². The molecule has 1 aromatic carbocycles. The van der Waals surface area contributed by atoms with Crippen molar-refractivity contribution < 1.29 is 4.42 Å². The average Bonchev–Trinajstić information content (AvgIpc) is 2.85. The maximum atomic E-state index is 5.50. The highest BCUT2D eigenvalue weighted by Crippen LogP contribution is 2.24. The van der Waals surface area contributed by atoms with Gasteiger partial charge in [0.05, 0.1) is 12.8 Å². The molecule has 1 N–H and O–H groups in total. The van der Waals surface area contributed by atoms with Crippen LogP contribution in [0.4, 0.5) is 0 Å². The van der Waals surface area contributed by atoms with Gasteiger partial charge in [-0.3, -0.25) is 4.90 Å². The molecule has 1 aliphatic rings. The number of hydrogen-bond donors (Lipinski definition) is 1. The highest BCUT2D eigenvalue weighted by molar-refractivity contribution is 5.20. The number of hydrogen-bond acceptors (Lipinski definition) is 3. The second kappa shape index (κ2) is 6.04. The Morgan fingerprint density at radius 2 is 2.05 bits per heavy atom. The first-order chi connectivity index (χ1) is 9.43. The van der Waals surface area contributed by atoms with Crippen LogP contribution in [0.15, 0.2) is 53.1 Å². The fourth-order valence-corrected chi connectivity index (χ4v) is 2.73. The molecule has 100 valence electrons. The molecule has 19 heavy (non-hydrogen) atoms. The Kier molecular flexibility index (Phi) is 3.96. The third-order valence-corrected chi connectivity index (χ3v) is 3.70. The number of nitrogens with one attached hydrogen (secondary N) is 1. The smallest absolute Gasteiger partial charge is 0.117 e. The molecular weight excluding hydrogens is 236 g/mol. The van der Waals surface area contributed by atoms with Crippen molar-refractivity contribution in [2.24, 2.45) is 0 Å². The summed E-state index contributed by atoms with van der Waals surface area (Å²) in [6, 6.07) is 15.2. The molecule has 3 nitrogen and oxygen atoms in total. The van der Waals surface area contributed by atoms with Gasteiger partial charge < -0.3 is 9.73 Å². The minimum atomic E-state index is 0.425. The minimum absolute atomic E-state index is 0.425. The molecule has 1 unspecified atom stereocenters. The molecule has 1 atom stereocenters. The van der Waals surface area contributed by atoms with Crippen molar-refractivity contribution in [1.29, 1.82) is 0 Å². The Balaban J connectivity index is 1.81. The highest BCUT2D eigenvalue weighted by atomic mass is 16.3. The monoisotopic (exact) mass is 256 g/mol. The number of rotatable bonds is 3. The second-order valence-electron chi connectivity index (χ2n) is 5.03. The van der Waals surface area contributed by atoms with Crippen molar-refractivity contribution >= 4 is 0 Å². The molecular formula is C16H20N2O. The third-order valence-electron chi connectivity index (χ3n) is 3.70. The molecule has 2 aromatic rings. The lowest BCUT2D eigenvalue weighted by Crippen LogP contribution is -2.32. The van der Waals surface area contributed by atoms with Gasteiger partial charge in [0.25, 0.3) is 0 Å². The highest BCUT2D eigenvalue weighted by Gasteiger charge is 2.22. The maximum Gasteiger partial charge on any atom is 0.117 e. The van der Waals surface area contributed by atoms with Crippen LogP contribution in [-0.2, 0) is 6.54 Å². The summed E-state index contributed by atoms with van der Waals surface area (Å²) in [6.07, 6.45) is 2.94. The normalized spacial score (nSPS) is 21.2. The van der Waals surface area contributed by atoms with E-state index in [9.17, 15) is 0 Å². The van der Waals surface area contributed by atoms with Crippen LogP contribution in [0.25, 0.3) is 0 Å². The standard InChI is InChI=1S/C16H20N2O/c1-2-6-14(7-3-1)16-12-17-9-5-10-18(16)13-15-8-4-11-19-15/h1-4,6-8,11,16-17H,5,9-10,12-13H2. The van der Waals surface area contributed by atoms with Crippen molar-refractivity contribution in [1.82, 2.24) is 10.2 Å². The van der Waals surface area contributed by atoms with Gasteiger partial charge in [-0.05, 0) is 30.7 Å². The summed E-state index contributed by atoms with van der Waals surface area (Å²) in [5.41, 5.74) is 1.38. The molecule has 2 heterocycles. The second-order valence-corrected chi connectivity index (χ2v) is 5.03. The zero-order valence-corrected chi connectivity index (χ0v) is 11.1. The van der Waals surface area contributed by atoms with Gasteiger partial charge >= 0.3 is 0 Å². The largest absolute Gasteiger partial charge is 0.468 e. The molecule has 1 saturated heterocycles. The van der Waals surface area contributed by atoms with Gasteiger partial charge in [0.1, 0.15) is 5.76 Å². The fraction of sp³-hybridized carbons (Fsp3) is 0.375.